The van der Waals surface area contributed by atoms with E-state index in [0.29, 0.717) is 22.7 Å². The Bertz CT molecular complexity index is 478. The van der Waals surface area contributed by atoms with Gasteiger partial charge in [-0.05, 0) is 39.0 Å². The summed E-state index contributed by atoms with van der Waals surface area (Å²) < 4.78 is 5.80. The molecule has 1 amide bonds. The van der Waals surface area contributed by atoms with Crippen LogP contribution in [0.1, 0.15) is 36.7 Å². The molecule has 4 nitrogen and oxygen atoms in total. The lowest BCUT2D eigenvalue weighted by molar-refractivity contribution is 0.1000. The zero-order chi connectivity index (χ0) is 13.9. The van der Waals surface area contributed by atoms with Crippen LogP contribution in [0.4, 0.5) is 0 Å². The average Bonchev–Trinajstić information content (AvgIpc) is 2.17. The molecule has 0 radical (unpaired) electrons. The van der Waals surface area contributed by atoms with Crippen molar-refractivity contribution in [1.82, 2.24) is 0 Å². The highest BCUT2D eigenvalue weighted by Gasteiger charge is 2.16. The van der Waals surface area contributed by atoms with Crippen molar-refractivity contribution in [2.75, 3.05) is 0 Å². The van der Waals surface area contributed by atoms with E-state index >= 15 is 0 Å². The van der Waals surface area contributed by atoms with Gasteiger partial charge in [0.25, 0.3) is 0 Å². The highest BCUT2D eigenvalue weighted by molar-refractivity contribution is 7.80. The number of nitrogens with two attached hydrogens (primary N) is 2. The quantitative estimate of drug-likeness (QED) is 0.814. The fourth-order valence-electron chi connectivity index (χ4n) is 1.49. The van der Waals surface area contributed by atoms with E-state index in [2.05, 4.69) is 0 Å². The zero-order valence-corrected chi connectivity index (χ0v) is 11.6. The van der Waals surface area contributed by atoms with Crippen LogP contribution in [0.25, 0.3) is 0 Å². The van der Waals surface area contributed by atoms with Gasteiger partial charge < -0.3 is 16.2 Å². The van der Waals surface area contributed by atoms with Crippen molar-refractivity contribution in [2.24, 2.45) is 11.5 Å². The molecule has 18 heavy (non-hydrogen) atoms. The number of rotatable bonds is 4. The van der Waals surface area contributed by atoms with Crippen LogP contribution in [0.5, 0.6) is 5.75 Å². The van der Waals surface area contributed by atoms with E-state index in [9.17, 15) is 4.79 Å². The first-order valence-electron chi connectivity index (χ1n) is 5.59. The predicted molar refractivity (Wildman–Crippen MR) is 75.8 cm³/mol. The normalized spacial score (nSPS) is 11.1. The molecule has 1 aromatic rings. The Balaban J connectivity index is 3.16. The lowest BCUT2D eigenvalue weighted by Crippen LogP contribution is -2.24. The Morgan fingerprint density at radius 2 is 1.94 bits per heavy atom. The second-order valence-corrected chi connectivity index (χ2v) is 5.57. The third-order valence-electron chi connectivity index (χ3n) is 2.13. The Labute approximate surface area is 112 Å². The number of benzene rings is 1. The van der Waals surface area contributed by atoms with Gasteiger partial charge in [-0.1, -0.05) is 12.2 Å². The highest BCUT2D eigenvalue weighted by Crippen LogP contribution is 2.25. The molecule has 0 heterocycles. The minimum atomic E-state index is -0.485. The molecule has 0 bridgehead atoms. The van der Waals surface area contributed by atoms with E-state index in [1.54, 1.807) is 18.2 Å². The Morgan fingerprint density at radius 3 is 2.39 bits per heavy atom. The maximum Gasteiger partial charge on any atom is 0.248 e. The monoisotopic (exact) mass is 266 g/mol. The fraction of sp³-hybridized carbons (Fsp3) is 0.385. The molecule has 0 fully saturated rings. The summed E-state index contributed by atoms with van der Waals surface area (Å²) in [6.45, 7) is 5.83. The van der Waals surface area contributed by atoms with Gasteiger partial charge in [0.05, 0.1) is 4.99 Å². The highest BCUT2D eigenvalue weighted by atomic mass is 32.1. The maximum atomic E-state index is 11.2. The van der Waals surface area contributed by atoms with Crippen LogP contribution in [0.3, 0.4) is 0 Å². The first-order chi connectivity index (χ1) is 8.19. The van der Waals surface area contributed by atoms with Gasteiger partial charge in [-0.25, -0.2) is 0 Å². The van der Waals surface area contributed by atoms with Crippen LogP contribution in [0.2, 0.25) is 0 Å². The lowest BCUT2D eigenvalue weighted by Gasteiger charge is -2.23. The van der Waals surface area contributed by atoms with Crippen LogP contribution >= 0.6 is 12.2 Å². The molecule has 1 rings (SSSR count). The number of carbonyl (C=O) groups excluding carboxylic acids is 1. The van der Waals surface area contributed by atoms with Crippen LogP contribution < -0.4 is 16.2 Å². The largest absolute Gasteiger partial charge is 0.488 e. The van der Waals surface area contributed by atoms with E-state index in [-0.39, 0.29) is 5.60 Å². The van der Waals surface area contributed by atoms with Crippen LogP contribution in [-0.2, 0) is 6.42 Å². The minimum absolute atomic E-state index is 0.334. The molecular formula is C13H18N2O2S. The second-order valence-electron chi connectivity index (χ2n) is 5.04. The molecular weight excluding hydrogens is 248 g/mol. The molecule has 0 aliphatic carbocycles. The summed E-state index contributed by atoms with van der Waals surface area (Å²) in [5, 5.41) is 0. The summed E-state index contributed by atoms with van der Waals surface area (Å²) >= 11 is 4.89. The SMILES string of the molecule is CC(C)(C)Oc1ccc(C(N)=O)cc1CC(N)=S. The predicted octanol–water partition coefficient (Wildman–Crippen LogP) is 1.79. The van der Waals surface area contributed by atoms with Crippen molar-refractivity contribution in [2.45, 2.75) is 32.8 Å². The van der Waals surface area contributed by atoms with Crippen molar-refractivity contribution in [1.29, 1.82) is 0 Å². The molecule has 0 aliphatic heterocycles. The van der Waals surface area contributed by atoms with Gasteiger partial charge in [-0.15, -0.1) is 0 Å². The molecule has 0 atom stereocenters. The Morgan fingerprint density at radius 1 is 1.33 bits per heavy atom. The molecule has 0 spiro atoms. The molecule has 1 aromatic carbocycles. The smallest absolute Gasteiger partial charge is 0.248 e. The van der Waals surface area contributed by atoms with E-state index in [1.807, 2.05) is 20.8 Å². The summed E-state index contributed by atoms with van der Waals surface area (Å²) in [6, 6.07) is 5.02. The van der Waals surface area contributed by atoms with Crippen molar-refractivity contribution < 1.29 is 9.53 Å². The molecule has 4 N–H and O–H groups in total. The molecule has 0 aromatic heterocycles. The Kier molecular flexibility index (Phi) is 4.29. The Hall–Kier alpha value is -1.62. The van der Waals surface area contributed by atoms with Crippen molar-refractivity contribution in [3.63, 3.8) is 0 Å². The average molecular weight is 266 g/mol. The van der Waals surface area contributed by atoms with Crippen molar-refractivity contribution >= 4 is 23.1 Å². The van der Waals surface area contributed by atoms with Gasteiger partial charge in [-0.3, -0.25) is 4.79 Å². The first-order valence-corrected chi connectivity index (χ1v) is 6.00. The van der Waals surface area contributed by atoms with E-state index in [1.165, 1.54) is 0 Å². The second kappa shape index (κ2) is 5.35. The molecule has 0 aliphatic rings. The van der Waals surface area contributed by atoms with Crippen LogP contribution in [0, 0.1) is 0 Å². The third kappa shape index (κ3) is 4.33. The zero-order valence-electron chi connectivity index (χ0n) is 10.8. The summed E-state index contributed by atoms with van der Waals surface area (Å²) in [6.07, 6.45) is 0.377. The van der Waals surface area contributed by atoms with Gasteiger partial charge in [0.15, 0.2) is 0 Å². The third-order valence-corrected chi connectivity index (χ3v) is 2.27. The topological polar surface area (TPSA) is 78.3 Å². The molecule has 5 heteroatoms. The molecule has 0 unspecified atom stereocenters. The van der Waals surface area contributed by atoms with Gasteiger partial charge in [0.1, 0.15) is 11.4 Å². The number of ether oxygens (including phenoxy) is 1. The van der Waals surface area contributed by atoms with Crippen LogP contribution in [-0.4, -0.2) is 16.5 Å². The number of thiocarbonyl (C=S) groups is 1. The summed E-state index contributed by atoms with van der Waals surface area (Å²) in [5.74, 6) is 0.182. The lowest BCUT2D eigenvalue weighted by atomic mass is 10.1. The number of carbonyl (C=O) groups is 1. The molecule has 0 saturated carbocycles. The first kappa shape index (κ1) is 14.4. The van der Waals surface area contributed by atoms with Gasteiger partial charge in [0, 0.05) is 17.5 Å². The van der Waals surface area contributed by atoms with E-state index < -0.39 is 5.91 Å². The maximum absolute atomic E-state index is 11.2. The van der Waals surface area contributed by atoms with E-state index in [0.717, 1.165) is 5.56 Å². The van der Waals surface area contributed by atoms with Gasteiger partial charge >= 0.3 is 0 Å². The number of primary amides is 1. The number of amides is 1. The molecule has 0 saturated heterocycles. The van der Waals surface area contributed by atoms with E-state index in [4.69, 9.17) is 28.4 Å². The number of hydrogen-bond acceptors (Lipinski definition) is 3. The molecule has 98 valence electrons. The standard InChI is InChI=1S/C13H18N2O2S/c1-13(2,3)17-10-5-4-8(12(15)16)6-9(10)7-11(14)18/h4-6H,7H2,1-3H3,(H2,14,18)(H2,15,16). The summed E-state index contributed by atoms with van der Waals surface area (Å²) in [7, 11) is 0. The van der Waals surface area contributed by atoms with Gasteiger partial charge in [-0.2, -0.15) is 0 Å². The fourth-order valence-corrected chi connectivity index (χ4v) is 1.64. The van der Waals surface area contributed by atoms with Crippen molar-refractivity contribution in [3.8, 4) is 5.75 Å². The minimum Gasteiger partial charge on any atom is -0.488 e. The number of hydrogen-bond donors (Lipinski definition) is 2. The van der Waals surface area contributed by atoms with Crippen LogP contribution in [0.15, 0.2) is 18.2 Å². The van der Waals surface area contributed by atoms with Crippen molar-refractivity contribution in [3.05, 3.63) is 29.3 Å². The van der Waals surface area contributed by atoms with Gasteiger partial charge in [0.2, 0.25) is 5.91 Å². The summed E-state index contributed by atoms with van der Waals surface area (Å²) in [4.78, 5) is 11.5. The summed E-state index contributed by atoms with van der Waals surface area (Å²) in [5.41, 5.74) is 11.6.